The van der Waals surface area contributed by atoms with Gasteiger partial charge in [-0.3, -0.25) is 14.4 Å². The number of hydrogen-bond donors (Lipinski definition) is 2. The monoisotopic (exact) mass is 452 g/mol. The number of Topliss-reactive ketones (excluding diaryl/α,β-unsaturated/α-hetero) is 1. The third-order valence-corrected chi connectivity index (χ3v) is 6.06. The number of rotatable bonds is 6. The molecule has 0 atom stereocenters. The van der Waals surface area contributed by atoms with E-state index < -0.39 is 0 Å². The Morgan fingerprint density at radius 3 is 2.62 bits per heavy atom. The van der Waals surface area contributed by atoms with E-state index in [1.165, 1.54) is 11.8 Å². The molecule has 0 saturated heterocycles. The molecule has 3 aromatic carbocycles. The maximum absolute atomic E-state index is 13.2. The summed E-state index contributed by atoms with van der Waals surface area (Å²) in [6.07, 6.45) is 2.01. The van der Waals surface area contributed by atoms with E-state index >= 15 is 0 Å². The molecular formula is C27H24N4O3. The highest BCUT2D eigenvalue weighted by atomic mass is 16.2. The van der Waals surface area contributed by atoms with Gasteiger partial charge < -0.3 is 20.1 Å². The van der Waals surface area contributed by atoms with Gasteiger partial charge in [-0.05, 0) is 55.0 Å². The minimum atomic E-state index is -0.314. The van der Waals surface area contributed by atoms with E-state index in [-0.39, 0.29) is 24.1 Å². The Bertz CT molecular complexity index is 1450. The van der Waals surface area contributed by atoms with Crippen molar-refractivity contribution in [3.8, 4) is 0 Å². The van der Waals surface area contributed by atoms with E-state index in [1.54, 1.807) is 24.3 Å². The molecule has 0 spiro atoms. The van der Waals surface area contributed by atoms with E-state index in [9.17, 15) is 14.4 Å². The van der Waals surface area contributed by atoms with Gasteiger partial charge in [-0.2, -0.15) is 0 Å². The molecule has 1 aliphatic heterocycles. The molecule has 2 heterocycles. The van der Waals surface area contributed by atoms with Crippen LogP contribution in [0.25, 0.3) is 10.9 Å². The molecular weight excluding hydrogens is 428 g/mol. The molecule has 2 N–H and O–H groups in total. The summed E-state index contributed by atoms with van der Waals surface area (Å²) in [6.45, 7) is 1.76. The predicted octanol–water partition coefficient (Wildman–Crippen LogP) is 4.72. The number of aryl methyl sites for hydroxylation is 1. The summed E-state index contributed by atoms with van der Waals surface area (Å²) in [6, 6.07) is 20.6. The van der Waals surface area contributed by atoms with Gasteiger partial charge in [-0.25, -0.2) is 0 Å². The average Bonchev–Trinajstić information content (AvgIpc) is 3.33. The summed E-state index contributed by atoms with van der Waals surface area (Å²) in [5.74, 6) is -0.579. The Kier molecular flexibility index (Phi) is 5.37. The first-order chi connectivity index (χ1) is 16.4. The lowest BCUT2D eigenvalue weighted by molar-refractivity contribution is -0.116. The van der Waals surface area contributed by atoms with Crippen molar-refractivity contribution < 1.29 is 14.4 Å². The smallest absolute Gasteiger partial charge is 0.257 e. The maximum atomic E-state index is 13.2. The lowest BCUT2D eigenvalue weighted by atomic mass is 10.1. The number of nitrogens with one attached hydrogen (secondary N) is 2. The normalized spacial score (nSPS) is 12.6. The molecule has 7 nitrogen and oxygen atoms in total. The number of ketones is 1. The summed E-state index contributed by atoms with van der Waals surface area (Å²) in [5, 5.41) is 7.27. The van der Waals surface area contributed by atoms with Crippen molar-refractivity contribution in [3.63, 3.8) is 0 Å². The van der Waals surface area contributed by atoms with Crippen LogP contribution in [0.4, 0.5) is 17.1 Å². The lowest BCUT2D eigenvalue weighted by Gasteiger charge is -2.16. The van der Waals surface area contributed by atoms with Crippen molar-refractivity contribution in [1.82, 2.24) is 9.47 Å². The average molecular weight is 453 g/mol. The number of carbonyl (C=O) groups is 3. The van der Waals surface area contributed by atoms with Gasteiger partial charge in [0.2, 0.25) is 5.91 Å². The number of amides is 2. The first-order valence-electron chi connectivity index (χ1n) is 11.0. The molecule has 0 saturated carbocycles. The molecule has 0 unspecified atom stereocenters. The number of aromatic nitrogens is 1. The molecule has 1 aromatic heterocycles. The van der Waals surface area contributed by atoms with Gasteiger partial charge in [0.1, 0.15) is 6.54 Å². The first-order valence-corrected chi connectivity index (χ1v) is 11.0. The molecule has 0 aliphatic carbocycles. The van der Waals surface area contributed by atoms with Crippen LogP contribution < -0.4 is 10.6 Å². The van der Waals surface area contributed by atoms with Crippen molar-refractivity contribution in [1.29, 1.82) is 0 Å². The number of anilines is 3. The van der Waals surface area contributed by atoms with Crippen molar-refractivity contribution in [3.05, 3.63) is 89.6 Å². The summed E-state index contributed by atoms with van der Waals surface area (Å²) in [7, 11) is 2.00. The van der Waals surface area contributed by atoms with Crippen LogP contribution in [0.15, 0.2) is 72.9 Å². The molecule has 2 amide bonds. The molecule has 170 valence electrons. The van der Waals surface area contributed by atoms with Gasteiger partial charge in [0.05, 0.1) is 11.3 Å². The van der Waals surface area contributed by atoms with Crippen molar-refractivity contribution in [2.45, 2.75) is 13.5 Å². The molecule has 4 aromatic rings. The molecule has 7 heteroatoms. The third kappa shape index (κ3) is 4.03. The minimum Gasteiger partial charge on any atom is -0.355 e. The Morgan fingerprint density at radius 2 is 1.79 bits per heavy atom. The van der Waals surface area contributed by atoms with Crippen LogP contribution in [0, 0.1) is 0 Å². The molecule has 0 fully saturated rings. The van der Waals surface area contributed by atoms with Crippen LogP contribution in [0.2, 0.25) is 0 Å². The van der Waals surface area contributed by atoms with Crippen molar-refractivity contribution >= 4 is 45.6 Å². The fourth-order valence-electron chi connectivity index (χ4n) is 4.36. The Labute approximate surface area is 197 Å². The number of fused-ring (bicyclic) bond motifs is 2. The SMILES string of the molecule is CC(=O)c1cccc(NC(=O)CN2Cc3cccc(Nc4ccc5c(ccn5C)c4)c3C2=O)c1. The van der Waals surface area contributed by atoms with Crippen LogP contribution in [0.1, 0.15) is 33.2 Å². The van der Waals surface area contributed by atoms with Crippen LogP contribution in [-0.4, -0.2) is 33.6 Å². The molecule has 1 aliphatic rings. The highest BCUT2D eigenvalue weighted by molar-refractivity contribution is 6.06. The Hall–Kier alpha value is -4.39. The number of nitrogens with zero attached hydrogens (tertiary/aromatic N) is 2. The van der Waals surface area contributed by atoms with Crippen LogP contribution in [0.3, 0.4) is 0 Å². The van der Waals surface area contributed by atoms with Crippen molar-refractivity contribution in [2.75, 3.05) is 17.2 Å². The van der Waals surface area contributed by atoms with E-state index in [0.29, 0.717) is 23.4 Å². The fourth-order valence-corrected chi connectivity index (χ4v) is 4.36. The van der Waals surface area contributed by atoms with Gasteiger partial charge in [-0.1, -0.05) is 24.3 Å². The van der Waals surface area contributed by atoms with Gasteiger partial charge in [-0.15, -0.1) is 0 Å². The zero-order chi connectivity index (χ0) is 23.8. The van der Waals surface area contributed by atoms with Crippen molar-refractivity contribution in [2.24, 2.45) is 7.05 Å². The third-order valence-electron chi connectivity index (χ3n) is 6.06. The molecule has 0 bridgehead atoms. The second-order valence-corrected chi connectivity index (χ2v) is 8.51. The summed E-state index contributed by atoms with van der Waals surface area (Å²) in [5.41, 5.74) is 5.25. The molecule has 34 heavy (non-hydrogen) atoms. The summed E-state index contributed by atoms with van der Waals surface area (Å²) >= 11 is 0. The van der Waals surface area contributed by atoms with Crippen LogP contribution in [-0.2, 0) is 18.4 Å². The largest absolute Gasteiger partial charge is 0.355 e. The Morgan fingerprint density at radius 1 is 0.971 bits per heavy atom. The highest BCUT2D eigenvalue weighted by Gasteiger charge is 2.31. The number of benzene rings is 3. The molecule has 0 radical (unpaired) electrons. The number of hydrogen-bond acceptors (Lipinski definition) is 4. The van der Waals surface area contributed by atoms with Gasteiger partial charge in [0, 0.05) is 47.6 Å². The lowest BCUT2D eigenvalue weighted by Crippen LogP contribution is -2.33. The second kappa shape index (κ2) is 8.51. The zero-order valence-corrected chi connectivity index (χ0v) is 19.0. The standard InChI is InChI=1S/C27H24N4O3/c1-17(32)18-5-3-7-21(13-18)29-25(33)16-31-15-20-6-4-8-23(26(20)27(31)34)28-22-9-10-24-19(14-22)11-12-30(24)2/h3-14,28H,15-16H2,1-2H3,(H,29,33). The van der Waals surface area contributed by atoms with Crippen LogP contribution in [0.5, 0.6) is 0 Å². The quantitative estimate of drug-likeness (QED) is 0.415. The van der Waals surface area contributed by atoms with E-state index in [1.807, 2.05) is 49.6 Å². The van der Waals surface area contributed by atoms with Gasteiger partial charge in [0.25, 0.3) is 5.91 Å². The molecule has 5 rings (SSSR count). The predicted molar refractivity (Wildman–Crippen MR) is 132 cm³/mol. The highest BCUT2D eigenvalue weighted by Crippen LogP contribution is 2.32. The van der Waals surface area contributed by atoms with Gasteiger partial charge in [0.15, 0.2) is 5.78 Å². The topological polar surface area (TPSA) is 83.4 Å². The number of carbonyl (C=O) groups excluding carboxylic acids is 3. The van der Waals surface area contributed by atoms with E-state index in [0.717, 1.165) is 27.8 Å². The Balaban J connectivity index is 1.31. The fraction of sp³-hybridized carbons (Fsp3) is 0.148. The summed E-state index contributed by atoms with van der Waals surface area (Å²) < 4.78 is 2.06. The van der Waals surface area contributed by atoms with Gasteiger partial charge >= 0.3 is 0 Å². The van der Waals surface area contributed by atoms with E-state index in [2.05, 4.69) is 21.3 Å². The van der Waals surface area contributed by atoms with Crippen LogP contribution >= 0.6 is 0 Å². The maximum Gasteiger partial charge on any atom is 0.257 e. The summed E-state index contributed by atoms with van der Waals surface area (Å²) in [4.78, 5) is 39.0. The van der Waals surface area contributed by atoms with E-state index in [4.69, 9.17) is 0 Å². The first kappa shape index (κ1) is 21.5. The second-order valence-electron chi connectivity index (χ2n) is 8.51. The zero-order valence-electron chi connectivity index (χ0n) is 19.0. The minimum absolute atomic E-state index is 0.0762.